The molecule has 2 N–H and O–H groups in total. The number of carboxylic acids is 1. The molecule has 2 heterocycles. The summed E-state index contributed by atoms with van der Waals surface area (Å²) in [7, 11) is 1.62. The lowest BCUT2D eigenvalue weighted by atomic mass is 10.4. The van der Waals surface area contributed by atoms with Gasteiger partial charge in [0, 0.05) is 7.05 Å². The number of aliphatic carboxylic acids is 1. The number of carboxylic acid groups (broad SMARTS) is 1. The third-order valence-corrected chi connectivity index (χ3v) is 3.50. The van der Waals surface area contributed by atoms with Crippen molar-refractivity contribution in [3.05, 3.63) is 33.8 Å². The zero-order chi connectivity index (χ0) is 15.6. The molecule has 0 saturated carbocycles. The van der Waals surface area contributed by atoms with Crippen molar-refractivity contribution >= 4 is 35.1 Å². The normalized spacial score (nSPS) is 10.6. The van der Waals surface area contributed by atoms with Gasteiger partial charge in [-0.05, 0) is 6.07 Å². The SMILES string of the molecule is Cn1c(C(=O)NCc2cn(CC(=O)O)nn2)cc(Cl)c1Cl. The van der Waals surface area contributed by atoms with Crippen molar-refractivity contribution in [1.82, 2.24) is 24.9 Å². The third-order valence-electron chi connectivity index (χ3n) is 2.66. The van der Waals surface area contributed by atoms with Crippen LogP contribution in [0.1, 0.15) is 16.2 Å². The van der Waals surface area contributed by atoms with Crippen LogP contribution >= 0.6 is 23.2 Å². The van der Waals surface area contributed by atoms with Gasteiger partial charge in [0.2, 0.25) is 0 Å². The molecule has 10 heteroatoms. The average molecular weight is 332 g/mol. The summed E-state index contributed by atoms with van der Waals surface area (Å²) >= 11 is 11.7. The van der Waals surface area contributed by atoms with E-state index < -0.39 is 5.97 Å². The summed E-state index contributed by atoms with van der Waals surface area (Å²) in [6, 6.07) is 1.46. The number of carbonyl (C=O) groups excluding carboxylic acids is 1. The summed E-state index contributed by atoms with van der Waals surface area (Å²) in [5.41, 5.74) is 0.749. The molecule has 0 atom stereocenters. The smallest absolute Gasteiger partial charge is 0.325 e. The highest BCUT2D eigenvalue weighted by atomic mass is 35.5. The van der Waals surface area contributed by atoms with Crippen LogP contribution in [0, 0.1) is 0 Å². The van der Waals surface area contributed by atoms with Gasteiger partial charge in [0.15, 0.2) is 0 Å². The number of nitrogens with zero attached hydrogens (tertiary/aromatic N) is 4. The number of aromatic nitrogens is 4. The van der Waals surface area contributed by atoms with Crippen LogP contribution in [-0.2, 0) is 24.9 Å². The molecule has 0 saturated heterocycles. The molecule has 21 heavy (non-hydrogen) atoms. The number of amides is 1. The Balaban J connectivity index is 1.99. The summed E-state index contributed by atoms with van der Waals surface area (Å²) in [4.78, 5) is 22.5. The van der Waals surface area contributed by atoms with Crippen molar-refractivity contribution in [3.8, 4) is 0 Å². The molecular weight excluding hydrogens is 321 g/mol. The zero-order valence-corrected chi connectivity index (χ0v) is 12.4. The molecule has 2 rings (SSSR count). The van der Waals surface area contributed by atoms with E-state index in [1.165, 1.54) is 21.5 Å². The fourth-order valence-corrected chi connectivity index (χ4v) is 2.03. The molecule has 112 valence electrons. The molecule has 0 aromatic carbocycles. The summed E-state index contributed by atoms with van der Waals surface area (Å²) in [6.45, 7) is -0.178. The molecule has 0 aliphatic heterocycles. The van der Waals surface area contributed by atoms with E-state index in [2.05, 4.69) is 15.6 Å². The molecule has 0 unspecified atom stereocenters. The highest BCUT2D eigenvalue weighted by molar-refractivity contribution is 6.41. The van der Waals surface area contributed by atoms with Crippen molar-refractivity contribution < 1.29 is 14.7 Å². The van der Waals surface area contributed by atoms with Gasteiger partial charge in [0.25, 0.3) is 5.91 Å². The maximum absolute atomic E-state index is 12.0. The van der Waals surface area contributed by atoms with Crippen LogP contribution in [0.15, 0.2) is 12.3 Å². The van der Waals surface area contributed by atoms with Gasteiger partial charge in [-0.1, -0.05) is 28.4 Å². The number of nitrogens with one attached hydrogen (secondary N) is 1. The molecule has 1 amide bonds. The van der Waals surface area contributed by atoms with Crippen LogP contribution in [0.25, 0.3) is 0 Å². The molecule has 0 fully saturated rings. The highest BCUT2D eigenvalue weighted by Gasteiger charge is 2.16. The third kappa shape index (κ3) is 3.53. The van der Waals surface area contributed by atoms with Gasteiger partial charge in [-0.25, -0.2) is 4.68 Å². The van der Waals surface area contributed by atoms with E-state index in [-0.39, 0.29) is 29.2 Å². The minimum Gasteiger partial charge on any atom is -0.480 e. The van der Waals surface area contributed by atoms with E-state index in [1.807, 2.05) is 0 Å². The van der Waals surface area contributed by atoms with E-state index in [0.29, 0.717) is 11.4 Å². The van der Waals surface area contributed by atoms with Crippen molar-refractivity contribution in [2.24, 2.45) is 7.05 Å². The second-order valence-electron chi connectivity index (χ2n) is 4.21. The van der Waals surface area contributed by atoms with Gasteiger partial charge in [-0.3, -0.25) is 9.59 Å². The van der Waals surface area contributed by atoms with Crippen LogP contribution in [-0.4, -0.2) is 36.5 Å². The lowest BCUT2D eigenvalue weighted by molar-refractivity contribution is -0.137. The Morgan fingerprint density at radius 3 is 2.71 bits per heavy atom. The quantitative estimate of drug-likeness (QED) is 0.848. The molecule has 0 aliphatic carbocycles. The van der Waals surface area contributed by atoms with Gasteiger partial charge < -0.3 is 15.0 Å². The van der Waals surface area contributed by atoms with Crippen LogP contribution in [0.4, 0.5) is 0 Å². The summed E-state index contributed by atoms with van der Waals surface area (Å²) in [6.07, 6.45) is 1.44. The Labute approximate surface area is 129 Å². The molecule has 0 aliphatic rings. The minimum absolute atomic E-state index is 0.110. The topological polar surface area (TPSA) is 102 Å². The van der Waals surface area contributed by atoms with Gasteiger partial charge in [-0.2, -0.15) is 0 Å². The van der Waals surface area contributed by atoms with Gasteiger partial charge in [-0.15, -0.1) is 5.10 Å². The second kappa shape index (κ2) is 6.15. The first-order valence-corrected chi connectivity index (χ1v) is 6.53. The standard InChI is InChI=1S/C11H11Cl2N5O3/c1-17-8(2-7(12)10(17)13)11(21)14-3-6-4-18(16-15-6)5-9(19)20/h2,4H,3,5H2,1H3,(H,14,21)(H,19,20). The Hall–Kier alpha value is -2.06. The lowest BCUT2D eigenvalue weighted by Gasteiger charge is -2.04. The van der Waals surface area contributed by atoms with Crippen LogP contribution in [0.5, 0.6) is 0 Å². The Morgan fingerprint density at radius 2 is 2.14 bits per heavy atom. The monoisotopic (exact) mass is 331 g/mol. The fourth-order valence-electron chi connectivity index (χ4n) is 1.66. The number of hydrogen-bond acceptors (Lipinski definition) is 4. The minimum atomic E-state index is -1.02. The van der Waals surface area contributed by atoms with Crippen molar-refractivity contribution in [2.75, 3.05) is 0 Å². The molecule has 2 aromatic rings. The van der Waals surface area contributed by atoms with E-state index in [4.69, 9.17) is 28.3 Å². The summed E-state index contributed by atoms with van der Waals surface area (Å²) < 4.78 is 2.63. The summed E-state index contributed by atoms with van der Waals surface area (Å²) in [5, 5.41) is 19.2. The second-order valence-corrected chi connectivity index (χ2v) is 4.98. The molecule has 8 nitrogen and oxygen atoms in total. The first-order valence-electron chi connectivity index (χ1n) is 5.78. The van der Waals surface area contributed by atoms with E-state index >= 15 is 0 Å². The highest BCUT2D eigenvalue weighted by Crippen LogP contribution is 2.24. The van der Waals surface area contributed by atoms with Crippen molar-refractivity contribution in [2.45, 2.75) is 13.1 Å². The van der Waals surface area contributed by atoms with Gasteiger partial charge >= 0.3 is 5.97 Å². The summed E-state index contributed by atoms with van der Waals surface area (Å²) in [5.74, 6) is -1.40. The number of halogens is 2. The van der Waals surface area contributed by atoms with E-state index in [9.17, 15) is 9.59 Å². The first-order chi connectivity index (χ1) is 9.88. The maximum Gasteiger partial charge on any atom is 0.325 e. The maximum atomic E-state index is 12.0. The number of carbonyl (C=O) groups is 2. The van der Waals surface area contributed by atoms with Crippen LogP contribution in [0.3, 0.4) is 0 Å². The molecule has 0 spiro atoms. The van der Waals surface area contributed by atoms with Gasteiger partial charge in [0.05, 0.1) is 17.8 Å². The first kappa shape index (κ1) is 15.3. The Bertz CT molecular complexity index is 694. The largest absolute Gasteiger partial charge is 0.480 e. The number of rotatable bonds is 5. The van der Waals surface area contributed by atoms with E-state index in [1.54, 1.807) is 7.05 Å². The predicted octanol–water partition coefficient (Wildman–Crippen LogP) is 0.938. The molecule has 0 radical (unpaired) electrons. The Kier molecular flexibility index (Phi) is 4.49. The molecule has 2 aromatic heterocycles. The average Bonchev–Trinajstić information content (AvgIpc) is 2.96. The van der Waals surface area contributed by atoms with Crippen LogP contribution in [0.2, 0.25) is 10.2 Å². The molecule has 0 bridgehead atoms. The van der Waals surface area contributed by atoms with Crippen molar-refractivity contribution in [3.63, 3.8) is 0 Å². The Morgan fingerprint density at radius 1 is 1.43 bits per heavy atom. The number of hydrogen-bond donors (Lipinski definition) is 2. The van der Waals surface area contributed by atoms with Gasteiger partial charge in [0.1, 0.15) is 23.1 Å². The zero-order valence-electron chi connectivity index (χ0n) is 10.9. The van der Waals surface area contributed by atoms with Crippen molar-refractivity contribution in [1.29, 1.82) is 0 Å². The fraction of sp³-hybridized carbons (Fsp3) is 0.273. The van der Waals surface area contributed by atoms with Crippen LogP contribution < -0.4 is 5.32 Å². The lowest BCUT2D eigenvalue weighted by Crippen LogP contribution is -2.25. The van der Waals surface area contributed by atoms with E-state index in [0.717, 1.165) is 0 Å². The predicted molar refractivity (Wildman–Crippen MR) is 74.3 cm³/mol. The molecular formula is C11H11Cl2N5O3.